The number of hydrogen-bond acceptors (Lipinski definition) is 4. The summed E-state index contributed by atoms with van der Waals surface area (Å²) in [5.74, 6) is -0.807. The summed E-state index contributed by atoms with van der Waals surface area (Å²) in [6.07, 6.45) is 1.14. The molecule has 0 radical (unpaired) electrons. The van der Waals surface area contributed by atoms with Gasteiger partial charge in [0.15, 0.2) is 0 Å². The van der Waals surface area contributed by atoms with Crippen LogP contribution in [0.4, 0.5) is 0 Å². The molecular formula is C10H20N2O3. The maximum Gasteiger partial charge on any atom is 0.317 e. The van der Waals surface area contributed by atoms with Crippen molar-refractivity contribution in [2.45, 2.75) is 38.5 Å². The molecule has 1 aliphatic heterocycles. The Morgan fingerprint density at radius 2 is 2.33 bits per heavy atom. The van der Waals surface area contributed by atoms with Crippen LogP contribution in [0.5, 0.6) is 0 Å². The number of hydrogen-bond donors (Lipinski definition) is 2. The Morgan fingerprint density at radius 1 is 1.67 bits per heavy atom. The lowest BCUT2D eigenvalue weighted by molar-refractivity contribution is -0.138. The molecular weight excluding hydrogens is 196 g/mol. The smallest absolute Gasteiger partial charge is 0.317 e. The van der Waals surface area contributed by atoms with E-state index in [0.717, 1.165) is 6.42 Å². The molecule has 88 valence electrons. The van der Waals surface area contributed by atoms with E-state index in [1.165, 1.54) is 0 Å². The monoisotopic (exact) mass is 216 g/mol. The van der Waals surface area contributed by atoms with Crippen molar-refractivity contribution in [1.82, 2.24) is 4.90 Å². The normalized spacial score (nSPS) is 27.5. The topological polar surface area (TPSA) is 75.8 Å². The van der Waals surface area contributed by atoms with Gasteiger partial charge in [-0.3, -0.25) is 9.69 Å². The van der Waals surface area contributed by atoms with Gasteiger partial charge in [0, 0.05) is 19.1 Å². The first-order valence-electron chi connectivity index (χ1n) is 5.34. The predicted molar refractivity (Wildman–Crippen MR) is 56.7 cm³/mol. The Balaban J connectivity index is 2.47. The van der Waals surface area contributed by atoms with Crippen molar-refractivity contribution < 1.29 is 14.6 Å². The zero-order chi connectivity index (χ0) is 11.4. The van der Waals surface area contributed by atoms with Crippen LogP contribution in [0.15, 0.2) is 0 Å². The molecule has 5 nitrogen and oxygen atoms in total. The van der Waals surface area contributed by atoms with Crippen molar-refractivity contribution in [1.29, 1.82) is 0 Å². The van der Waals surface area contributed by atoms with E-state index < -0.39 is 5.97 Å². The molecule has 15 heavy (non-hydrogen) atoms. The number of aliphatic carboxylic acids is 1. The van der Waals surface area contributed by atoms with Gasteiger partial charge in [-0.1, -0.05) is 0 Å². The Labute approximate surface area is 90.2 Å². The summed E-state index contributed by atoms with van der Waals surface area (Å²) >= 11 is 0. The van der Waals surface area contributed by atoms with Crippen LogP contribution in [-0.2, 0) is 9.53 Å². The fourth-order valence-electron chi connectivity index (χ4n) is 2.03. The lowest BCUT2D eigenvalue weighted by Gasteiger charge is -2.20. The van der Waals surface area contributed by atoms with Gasteiger partial charge < -0.3 is 15.6 Å². The summed E-state index contributed by atoms with van der Waals surface area (Å²) in [5, 5.41) is 8.73. The fraction of sp³-hybridized carbons (Fsp3) is 0.900. The van der Waals surface area contributed by atoms with Gasteiger partial charge in [0.25, 0.3) is 0 Å². The zero-order valence-corrected chi connectivity index (χ0v) is 9.35. The Hall–Kier alpha value is -0.650. The number of likely N-dealkylation sites (tertiary alicyclic amines) is 1. The second kappa shape index (κ2) is 5.44. The molecule has 1 heterocycles. The summed E-state index contributed by atoms with van der Waals surface area (Å²) in [6.45, 7) is 5.19. The van der Waals surface area contributed by atoms with Crippen LogP contribution in [0, 0.1) is 0 Å². The molecule has 1 saturated heterocycles. The number of carboxylic acids is 1. The maximum absolute atomic E-state index is 10.6. The SMILES string of the molecule is CC(C)OC1CC(CN)N(CC(=O)O)C1. The number of carbonyl (C=O) groups is 1. The minimum Gasteiger partial charge on any atom is -0.480 e. The van der Waals surface area contributed by atoms with Crippen LogP contribution in [0.3, 0.4) is 0 Å². The van der Waals surface area contributed by atoms with Gasteiger partial charge in [-0.05, 0) is 20.3 Å². The summed E-state index contributed by atoms with van der Waals surface area (Å²) in [5.41, 5.74) is 5.60. The first-order chi connectivity index (χ1) is 7.02. The lowest BCUT2D eigenvalue weighted by Crippen LogP contribution is -2.38. The van der Waals surface area contributed by atoms with E-state index in [1.807, 2.05) is 18.7 Å². The van der Waals surface area contributed by atoms with Gasteiger partial charge in [-0.15, -0.1) is 0 Å². The molecule has 1 rings (SSSR count). The van der Waals surface area contributed by atoms with E-state index >= 15 is 0 Å². The number of nitrogens with zero attached hydrogens (tertiary/aromatic N) is 1. The largest absolute Gasteiger partial charge is 0.480 e. The molecule has 2 atom stereocenters. The number of ether oxygens (including phenoxy) is 1. The Kier molecular flexibility index (Phi) is 4.50. The molecule has 0 amide bonds. The third-order valence-electron chi connectivity index (χ3n) is 2.56. The highest BCUT2D eigenvalue weighted by Gasteiger charge is 2.33. The van der Waals surface area contributed by atoms with Gasteiger partial charge in [0.1, 0.15) is 0 Å². The molecule has 5 heteroatoms. The van der Waals surface area contributed by atoms with Gasteiger partial charge >= 0.3 is 5.97 Å². The zero-order valence-electron chi connectivity index (χ0n) is 9.35. The third kappa shape index (κ3) is 3.77. The van der Waals surface area contributed by atoms with Crippen LogP contribution >= 0.6 is 0 Å². The first-order valence-corrected chi connectivity index (χ1v) is 5.34. The van der Waals surface area contributed by atoms with Crippen LogP contribution in [0.25, 0.3) is 0 Å². The molecule has 0 bridgehead atoms. The quantitative estimate of drug-likeness (QED) is 0.671. The average Bonchev–Trinajstić information content (AvgIpc) is 2.45. The van der Waals surface area contributed by atoms with E-state index in [4.69, 9.17) is 15.6 Å². The van der Waals surface area contributed by atoms with E-state index in [2.05, 4.69) is 0 Å². The van der Waals surface area contributed by atoms with Crippen molar-refractivity contribution in [2.75, 3.05) is 19.6 Å². The molecule has 0 aromatic heterocycles. The second-order valence-electron chi connectivity index (χ2n) is 4.26. The molecule has 1 fully saturated rings. The number of carboxylic acid groups (broad SMARTS) is 1. The first kappa shape index (κ1) is 12.4. The maximum atomic E-state index is 10.6. The Bertz CT molecular complexity index is 221. The summed E-state index contributed by atoms with van der Waals surface area (Å²) in [7, 11) is 0. The minimum absolute atomic E-state index is 0.0554. The molecule has 0 aromatic rings. The summed E-state index contributed by atoms with van der Waals surface area (Å²) in [6, 6.07) is 0.143. The minimum atomic E-state index is -0.807. The number of nitrogens with two attached hydrogens (primary N) is 1. The highest BCUT2D eigenvalue weighted by Crippen LogP contribution is 2.20. The van der Waals surface area contributed by atoms with Gasteiger partial charge in [-0.25, -0.2) is 0 Å². The molecule has 0 aliphatic carbocycles. The van der Waals surface area contributed by atoms with E-state index in [-0.39, 0.29) is 24.8 Å². The van der Waals surface area contributed by atoms with Crippen molar-refractivity contribution >= 4 is 5.97 Å². The van der Waals surface area contributed by atoms with Crippen molar-refractivity contribution in [3.05, 3.63) is 0 Å². The summed E-state index contributed by atoms with van der Waals surface area (Å²) < 4.78 is 5.66. The predicted octanol–water partition coefficient (Wildman–Crippen LogP) is -0.102. The Morgan fingerprint density at radius 3 is 2.80 bits per heavy atom. The summed E-state index contributed by atoms with van der Waals surface area (Å²) in [4.78, 5) is 12.5. The van der Waals surface area contributed by atoms with E-state index in [9.17, 15) is 4.79 Å². The van der Waals surface area contributed by atoms with Gasteiger partial charge in [0.05, 0.1) is 18.8 Å². The van der Waals surface area contributed by atoms with Crippen molar-refractivity contribution in [3.8, 4) is 0 Å². The molecule has 3 N–H and O–H groups in total. The lowest BCUT2D eigenvalue weighted by atomic mass is 10.2. The van der Waals surface area contributed by atoms with Crippen LogP contribution in [0.1, 0.15) is 20.3 Å². The average molecular weight is 216 g/mol. The van der Waals surface area contributed by atoms with E-state index in [1.54, 1.807) is 0 Å². The van der Waals surface area contributed by atoms with E-state index in [0.29, 0.717) is 13.1 Å². The molecule has 2 unspecified atom stereocenters. The molecule has 0 spiro atoms. The highest BCUT2D eigenvalue weighted by molar-refractivity contribution is 5.69. The molecule has 0 saturated carbocycles. The third-order valence-corrected chi connectivity index (χ3v) is 2.56. The van der Waals surface area contributed by atoms with Crippen molar-refractivity contribution in [3.63, 3.8) is 0 Å². The molecule has 0 aromatic carbocycles. The fourth-order valence-corrected chi connectivity index (χ4v) is 2.03. The molecule has 1 aliphatic rings. The van der Waals surface area contributed by atoms with Gasteiger partial charge in [-0.2, -0.15) is 0 Å². The van der Waals surface area contributed by atoms with Crippen molar-refractivity contribution in [2.24, 2.45) is 5.73 Å². The second-order valence-corrected chi connectivity index (χ2v) is 4.26. The van der Waals surface area contributed by atoms with Crippen LogP contribution in [-0.4, -0.2) is 53.9 Å². The number of rotatable bonds is 5. The van der Waals surface area contributed by atoms with Crippen LogP contribution in [0.2, 0.25) is 0 Å². The highest BCUT2D eigenvalue weighted by atomic mass is 16.5. The standard InChI is InChI=1S/C10H20N2O3/c1-7(2)15-9-3-8(4-11)12(5-9)6-10(13)14/h7-9H,3-6,11H2,1-2H3,(H,13,14). The van der Waals surface area contributed by atoms with Crippen LogP contribution < -0.4 is 5.73 Å². The van der Waals surface area contributed by atoms with Gasteiger partial charge in [0.2, 0.25) is 0 Å².